The summed E-state index contributed by atoms with van der Waals surface area (Å²) in [6.07, 6.45) is 0. The molecule has 4 nitrogen and oxygen atoms in total. The number of ether oxygens (including phenoxy) is 1. The zero-order valence-corrected chi connectivity index (χ0v) is 8.86. The molecule has 0 amide bonds. The standard InChI is InChI=1S/C11H15NO3/c1-3-15-9-6-4-5-8(7-9)10(12-2)11(13)14/h4-7,10,12H,3H2,1-2H3,(H,13,14). The molecule has 0 heterocycles. The molecule has 0 radical (unpaired) electrons. The minimum atomic E-state index is -0.897. The van der Waals surface area contributed by atoms with Gasteiger partial charge in [-0.3, -0.25) is 4.79 Å². The third kappa shape index (κ3) is 2.95. The van der Waals surface area contributed by atoms with Gasteiger partial charge in [0.25, 0.3) is 0 Å². The average Bonchev–Trinajstić information content (AvgIpc) is 2.19. The average molecular weight is 209 g/mol. The maximum Gasteiger partial charge on any atom is 0.325 e. The molecule has 0 saturated heterocycles. The molecule has 1 unspecified atom stereocenters. The topological polar surface area (TPSA) is 58.6 Å². The highest BCUT2D eigenvalue weighted by atomic mass is 16.5. The van der Waals surface area contributed by atoms with Crippen LogP contribution in [0.2, 0.25) is 0 Å². The van der Waals surface area contributed by atoms with Crippen LogP contribution in [0.15, 0.2) is 24.3 Å². The van der Waals surface area contributed by atoms with E-state index in [1.807, 2.05) is 13.0 Å². The maximum absolute atomic E-state index is 10.9. The molecule has 82 valence electrons. The Hall–Kier alpha value is -1.55. The van der Waals surface area contributed by atoms with Gasteiger partial charge in [0.2, 0.25) is 0 Å². The number of hydrogen-bond acceptors (Lipinski definition) is 3. The molecule has 0 spiro atoms. The molecule has 0 aliphatic carbocycles. The smallest absolute Gasteiger partial charge is 0.325 e. The van der Waals surface area contributed by atoms with Crippen molar-refractivity contribution in [2.24, 2.45) is 0 Å². The van der Waals surface area contributed by atoms with Crippen LogP contribution in [0.1, 0.15) is 18.5 Å². The van der Waals surface area contributed by atoms with Crippen molar-refractivity contribution in [3.05, 3.63) is 29.8 Å². The number of carboxylic acid groups (broad SMARTS) is 1. The molecule has 1 aromatic carbocycles. The number of hydrogen-bond donors (Lipinski definition) is 2. The molecule has 2 N–H and O–H groups in total. The van der Waals surface area contributed by atoms with Crippen LogP contribution in [0.25, 0.3) is 0 Å². The number of nitrogens with one attached hydrogen (secondary N) is 1. The van der Waals surface area contributed by atoms with Crippen molar-refractivity contribution in [1.29, 1.82) is 0 Å². The summed E-state index contributed by atoms with van der Waals surface area (Å²) in [5.74, 6) is -0.206. The summed E-state index contributed by atoms with van der Waals surface area (Å²) in [5.41, 5.74) is 0.691. The molecule has 0 aromatic heterocycles. The fourth-order valence-electron chi connectivity index (χ4n) is 1.38. The van der Waals surface area contributed by atoms with Gasteiger partial charge in [0, 0.05) is 0 Å². The van der Waals surface area contributed by atoms with E-state index in [9.17, 15) is 4.79 Å². The van der Waals surface area contributed by atoms with Crippen LogP contribution in [-0.4, -0.2) is 24.7 Å². The van der Waals surface area contributed by atoms with Gasteiger partial charge in [0.1, 0.15) is 11.8 Å². The highest BCUT2D eigenvalue weighted by Crippen LogP contribution is 2.19. The quantitative estimate of drug-likeness (QED) is 0.770. The number of carboxylic acids is 1. The molecular formula is C11H15NO3. The number of aliphatic carboxylic acids is 1. The van der Waals surface area contributed by atoms with Gasteiger partial charge >= 0.3 is 5.97 Å². The van der Waals surface area contributed by atoms with E-state index < -0.39 is 12.0 Å². The summed E-state index contributed by atoms with van der Waals surface area (Å²) in [6, 6.07) is 6.40. The summed E-state index contributed by atoms with van der Waals surface area (Å²) in [7, 11) is 1.62. The summed E-state index contributed by atoms with van der Waals surface area (Å²) in [4.78, 5) is 10.9. The van der Waals surface area contributed by atoms with E-state index in [1.165, 1.54) is 0 Å². The first kappa shape index (κ1) is 11.5. The van der Waals surface area contributed by atoms with Crippen LogP contribution in [0.4, 0.5) is 0 Å². The number of rotatable bonds is 5. The zero-order valence-electron chi connectivity index (χ0n) is 8.86. The largest absolute Gasteiger partial charge is 0.494 e. The van der Waals surface area contributed by atoms with Gasteiger partial charge in [-0.1, -0.05) is 12.1 Å². The lowest BCUT2D eigenvalue weighted by atomic mass is 10.1. The molecule has 15 heavy (non-hydrogen) atoms. The Bertz CT molecular complexity index is 338. The molecule has 0 fully saturated rings. The Morgan fingerprint density at radius 3 is 2.87 bits per heavy atom. The van der Waals surface area contributed by atoms with E-state index in [0.717, 1.165) is 0 Å². The first-order chi connectivity index (χ1) is 7.19. The third-order valence-electron chi connectivity index (χ3n) is 2.04. The van der Waals surface area contributed by atoms with Crippen molar-refractivity contribution in [3.8, 4) is 5.75 Å². The summed E-state index contributed by atoms with van der Waals surface area (Å²) in [5, 5.41) is 11.7. The van der Waals surface area contributed by atoms with Crippen LogP contribution in [0.5, 0.6) is 5.75 Å². The molecule has 0 saturated carbocycles. The lowest BCUT2D eigenvalue weighted by molar-refractivity contribution is -0.139. The first-order valence-corrected chi connectivity index (χ1v) is 4.82. The molecule has 0 aliphatic heterocycles. The molecule has 1 atom stereocenters. The van der Waals surface area contributed by atoms with E-state index in [4.69, 9.17) is 9.84 Å². The lowest BCUT2D eigenvalue weighted by Gasteiger charge is -2.12. The second-order valence-electron chi connectivity index (χ2n) is 3.07. The maximum atomic E-state index is 10.9. The molecular weight excluding hydrogens is 194 g/mol. The van der Waals surface area contributed by atoms with Gasteiger partial charge in [0.05, 0.1) is 6.61 Å². The predicted octanol–water partition coefficient (Wildman–Crippen LogP) is 1.43. The summed E-state index contributed by atoms with van der Waals surface area (Å²) < 4.78 is 5.30. The van der Waals surface area contributed by atoms with Gasteiger partial charge in [-0.25, -0.2) is 0 Å². The molecule has 1 rings (SSSR count). The molecule has 1 aromatic rings. The first-order valence-electron chi connectivity index (χ1n) is 4.82. The van der Waals surface area contributed by atoms with Crippen molar-refractivity contribution in [1.82, 2.24) is 5.32 Å². The van der Waals surface area contributed by atoms with Crippen molar-refractivity contribution < 1.29 is 14.6 Å². The van der Waals surface area contributed by atoms with Crippen molar-refractivity contribution >= 4 is 5.97 Å². The van der Waals surface area contributed by atoms with Crippen LogP contribution in [0, 0.1) is 0 Å². The summed E-state index contributed by atoms with van der Waals surface area (Å²) in [6.45, 7) is 2.46. The number of benzene rings is 1. The lowest BCUT2D eigenvalue weighted by Crippen LogP contribution is -2.24. The highest BCUT2D eigenvalue weighted by molar-refractivity contribution is 5.75. The Morgan fingerprint density at radius 2 is 2.33 bits per heavy atom. The Morgan fingerprint density at radius 1 is 1.60 bits per heavy atom. The zero-order chi connectivity index (χ0) is 11.3. The van der Waals surface area contributed by atoms with Crippen LogP contribution in [-0.2, 0) is 4.79 Å². The Labute approximate surface area is 88.9 Å². The predicted molar refractivity (Wildman–Crippen MR) is 57.0 cm³/mol. The van der Waals surface area contributed by atoms with Gasteiger partial charge in [-0.05, 0) is 31.7 Å². The Kier molecular flexibility index (Phi) is 4.12. The minimum absolute atomic E-state index is 0.570. The van der Waals surface area contributed by atoms with Crippen molar-refractivity contribution in [3.63, 3.8) is 0 Å². The monoisotopic (exact) mass is 209 g/mol. The molecule has 0 aliphatic rings. The van der Waals surface area contributed by atoms with E-state index in [0.29, 0.717) is 17.9 Å². The van der Waals surface area contributed by atoms with E-state index in [2.05, 4.69) is 5.32 Å². The third-order valence-corrected chi connectivity index (χ3v) is 2.04. The normalized spacial score (nSPS) is 12.1. The molecule has 0 bridgehead atoms. The van der Waals surface area contributed by atoms with Crippen molar-refractivity contribution in [2.45, 2.75) is 13.0 Å². The fourth-order valence-corrected chi connectivity index (χ4v) is 1.38. The van der Waals surface area contributed by atoms with Gasteiger partial charge < -0.3 is 15.2 Å². The van der Waals surface area contributed by atoms with E-state index in [-0.39, 0.29) is 0 Å². The van der Waals surface area contributed by atoms with Crippen LogP contribution >= 0.6 is 0 Å². The number of likely N-dealkylation sites (N-methyl/N-ethyl adjacent to an activating group) is 1. The second kappa shape index (κ2) is 5.36. The molecule has 4 heteroatoms. The van der Waals surface area contributed by atoms with Crippen LogP contribution < -0.4 is 10.1 Å². The highest BCUT2D eigenvalue weighted by Gasteiger charge is 2.17. The number of carbonyl (C=O) groups is 1. The van der Waals surface area contributed by atoms with E-state index >= 15 is 0 Å². The van der Waals surface area contributed by atoms with Crippen LogP contribution in [0.3, 0.4) is 0 Å². The fraction of sp³-hybridized carbons (Fsp3) is 0.364. The van der Waals surface area contributed by atoms with Gasteiger partial charge in [0.15, 0.2) is 0 Å². The second-order valence-corrected chi connectivity index (χ2v) is 3.07. The van der Waals surface area contributed by atoms with E-state index in [1.54, 1.807) is 25.2 Å². The van der Waals surface area contributed by atoms with Crippen molar-refractivity contribution in [2.75, 3.05) is 13.7 Å². The summed E-state index contributed by atoms with van der Waals surface area (Å²) >= 11 is 0. The van der Waals surface area contributed by atoms with Gasteiger partial charge in [-0.15, -0.1) is 0 Å². The Balaban J connectivity index is 2.92. The minimum Gasteiger partial charge on any atom is -0.494 e. The SMILES string of the molecule is CCOc1cccc(C(NC)C(=O)O)c1. The van der Waals surface area contributed by atoms with Gasteiger partial charge in [-0.2, -0.15) is 0 Å².